The van der Waals surface area contributed by atoms with Crippen molar-refractivity contribution in [3.8, 4) is 11.8 Å². The van der Waals surface area contributed by atoms with E-state index in [1.165, 1.54) is 18.2 Å². The fourth-order valence-electron chi connectivity index (χ4n) is 1.25. The lowest BCUT2D eigenvalue weighted by Crippen LogP contribution is -2.15. The zero-order valence-corrected chi connectivity index (χ0v) is 10.7. The number of rotatable bonds is 4. The molecule has 0 saturated carbocycles. The minimum atomic E-state index is -3.31. The summed E-state index contributed by atoms with van der Waals surface area (Å²) in [6.07, 6.45) is -6.04. The quantitative estimate of drug-likeness (QED) is 0.797. The first-order chi connectivity index (χ1) is 8.99. The summed E-state index contributed by atoms with van der Waals surface area (Å²) in [5.74, 6) is -1.01. The Kier molecular flexibility index (Phi) is 4.03. The molecule has 0 amide bonds. The Morgan fingerprint density at radius 1 is 1.21 bits per heavy atom. The number of benzene rings is 1. The Bertz CT molecular complexity index is 578. The van der Waals surface area contributed by atoms with Crippen LogP contribution in [0.5, 0.6) is 11.8 Å². The van der Waals surface area contributed by atoms with E-state index in [2.05, 4.69) is 26.0 Å². The lowest BCUT2D eigenvalue weighted by molar-refractivity contribution is -0.00333. The van der Waals surface area contributed by atoms with Gasteiger partial charge in [0, 0.05) is 0 Å². The van der Waals surface area contributed by atoms with Gasteiger partial charge >= 0.3 is 6.01 Å². The normalized spacial score (nSPS) is 12.7. The number of hydrogen-bond acceptors (Lipinski definition) is 3. The van der Waals surface area contributed by atoms with Crippen LogP contribution < -0.4 is 4.74 Å². The molecule has 0 aliphatic heterocycles. The third kappa shape index (κ3) is 3.03. The van der Waals surface area contributed by atoms with Crippen LogP contribution in [0.25, 0.3) is 0 Å². The van der Waals surface area contributed by atoms with Gasteiger partial charge in [-0.1, -0.05) is 12.1 Å². The zero-order chi connectivity index (χ0) is 14.0. The maximum atomic E-state index is 13.3. The molecule has 0 radical (unpaired) electrons. The van der Waals surface area contributed by atoms with Crippen molar-refractivity contribution < 1.29 is 22.3 Å². The van der Waals surface area contributed by atoms with Gasteiger partial charge in [-0.3, -0.25) is 0 Å². The predicted octanol–water partition coefficient (Wildman–Crippen LogP) is 3.71. The van der Waals surface area contributed by atoms with Crippen LogP contribution in [0.2, 0.25) is 0 Å². The van der Waals surface area contributed by atoms with Crippen LogP contribution in [0.4, 0.5) is 17.6 Å². The molecule has 1 unspecified atom stereocenters. The lowest BCUT2D eigenvalue weighted by atomic mass is 10.3. The van der Waals surface area contributed by atoms with E-state index in [9.17, 15) is 17.6 Å². The van der Waals surface area contributed by atoms with Crippen LogP contribution in [0.15, 0.2) is 29.0 Å². The summed E-state index contributed by atoms with van der Waals surface area (Å²) in [7, 11) is 0. The zero-order valence-electron chi connectivity index (χ0n) is 9.10. The van der Waals surface area contributed by atoms with Gasteiger partial charge in [0.2, 0.25) is 4.73 Å². The summed E-state index contributed by atoms with van der Waals surface area (Å²) in [6.45, 7) is 0. The summed E-state index contributed by atoms with van der Waals surface area (Å²) in [5.41, 5.74) is 0. The van der Waals surface area contributed by atoms with Crippen LogP contribution in [-0.4, -0.2) is 21.2 Å². The topological polar surface area (TPSA) is 39.9 Å². The third-order valence-corrected chi connectivity index (χ3v) is 2.39. The van der Waals surface area contributed by atoms with Gasteiger partial charge in [0.05, 0.1) is 0 Å². The molecular formula is C10H6BrF4N3O. The molecule has 0 bridgehead atoms. The molecule has 1 aromatic heterocycles. The van der Waals surface area contributed by atoms with Crippen molar-refractivity contribution in [3.05, 3.63) is 34.8 Å². The van der Waals surface area contributed by atoms with Crippen LogP contribution in [-0.2, 0) is 0 Å². The average molecular weight is 340 g/mol. The molecule has 0 aliphatic carbocycles. The molecule has 102 valence electrons. The van der Waals surface area contributed by atoms with E-state index in [0.717, 1.165) is 6.07 Å². The molecule has 4 nitrogen and oxygen atoms in total. The van der Waals surface area contributed by atoms with E-state index in [4.69, 9.17) is 4.74 Å². The molecule has 1 atom stereocenters. The molecule has 1 aromatic carbocycles. The van der Waals surface area contributed by atoms with Gasteiger partial charge in [-0.2, -0.15) is 9.67 Å². The summed E-state index contributed by atoms with van der Waals surface area (Å²) in [5, 5.41) is 3.38. The molecule has 9 heteroatoms. The van der Waals surface area contributed by atoms with Gasteiger partial charge < -0.3 is 4.74 Å². The number of halogens is 5. The van der Waals surface area contributed by atoms with Crippen molar-refractivity contribution in [1.82, 2.24) is 14.8 Å². The van der Waals surface area contributed by atoms with Crippen LogP contribution in [0.3, 0.4) is 0 Å². The largest absolute Gasteiger partial charge is 0.421 e. The summed E-state index contributed by atoms with van der Waals surface area (Å²) in [6, 6.07) is 4.65. The van der Waals surface area contributed by atoms with Crippen molar-refractivity contribution >= 4 is 15.9 Å². The highest BCUT2D eigenvalue weighted by molar-refractivity contribution is 9.10. The van der Waals surface area contributed by atoms with E-state index < -0.39 is 24.5 Å². The standard InChI is InChI=1S/C10H6BrF4N3O/c11-9-16-10(18(17-9)8(15)7(13)14)19-6-4-2-1-3-5(6)12/h1-4,7-8H. The Labute approximate surface area is 113 Å². The Morgan fingerprint density at radius 2 is 1.89 bits per heavy atom. The summed E-state index contributed by atoms with van der Waals surface area (Å²) in [4.78, 5) is 3.56. The number of nitrogens with zero attached hydrogens (tertiary/aromatic N) is 3. The van der Waals surface area contributed by atoms with Gasteiger partial charge in [0.1, 0.15) is 0 Å². The van der Waals surface area contributed by atoms with Crippen molar-refractivity contribution in [1.29, 1.82) is 0 Å². The number of hydrogen-bond donors (Lipinski definition) is 0. The number of aromatic nitrogens is 3. The van der Waals surface area contributed by atoms with E-state index in [1.54, 1.807) is 0 Å². The molecular weight excluding hydrogens is 334 g/mol. The van der Waals surface area contributed by atoms with E-state index in [-0.39, 0.29) is 15.2 Å². The van der Waals surface area contributed by atoms with Crippen LogP contribution in [0, 0.1) is 5.82 Å². The van der Waals surface area contributed by atoms with Crippen LogP contribution in [0.1, 0.15) is 6.30 Å². The SMILES string of the molecule is Fc1ccccc1Oc1nc(Br)nn1C(F)C(F)F. The van der Waals surface area contributed by atoms with Crippen LogP contribution >= 0.6 is 15.9 Å². The summed E-state index contributed by atoms with van der Waals surface area (Å²) < 4.78 is 56.2. The second-order valence-electron chi connectivity index (χ2n) is 3.35. The monoisotopic (exact) mass is 339 g/mol. The predicted molar refractivity (Wildman–Crippen MR) is 60.3 cm³/mol. The first-order valence-corrected chi connectivity index (χ1v) is 5.75. The number of ether oxygens (including phenoxy) is 1. The first kappa shape index (κ1) is 13.8. The first-order valence-electron chi connectivity index (χ1n) is 4.95. The highest BCUT2D eigenvalue weighted by atomic mass is 79.9. The molecule has 19 heavy (non-hydrogen) atoms. The van der Waals surface area contributed by atoms with Gasteiger partial charge in [-0.05, 0) is 28.1 Å². The maximum Gasteiger partial charge on any atom is 0.324 e. The van der Waals surface area contributed by atoms with E-state index in [1.807, 2.05) is 0 Å². The lowest BCUT2D eigenvalue weighted by Gasteiger charge is -2.10. The van der Waals surface area contributed by atoms with Crippen molar-refractivity contribution in [2.24, 2.45) is 0 Å². The average Bonchev–Trinajstić information content (AvgIpc) is 2.72. The van der Waals surface area contributed by atoms with Crippen molar-refractivity contribution in [2.75, 3.05) is 0 Å². The van der Waals surface area contributed by atoms with Gasteiger partial charge in [0.25, 0.3) is 12.7 Å². The third-order valence-electron chi connectivity index (χ3n) is 2.05. The molecule has 1 heterocycles. The van der Waals surface area contributed by atoms with E-state index >= 15 is 0 Å². The van der Waals surface area contributed by atoms with E-state index in [0.29, 0.717) is 0 Å². The highest BCUT2D eigenvalue weighted by Crippen LogP contribution is 2.28. The number of alkyl halides is 3. The Morgan fingerprint density at radius 3 is 2.53 bits per heavy atom. The molecule has 2 aromatic rings. The molecule has 0 spiro atoms. The second-order valence-corrected chi connectivity index (χ2v) is 4.06. The second kappa shape index (κ2) is 5.55. The van der Waals surface area contributed by atoms with Crippen molar-refractivity contribution in [2.45, 2.75) is 12.7 Å². The minimum Gasteiger partial charge on any atom is -0.421 e. The fraction of sp³-hybridized carbons (Fsp3) is 0.200. The highest BCUT2D eigenvalue weighted by Gasteiger charge is 2.27. The molecule has 0 N–H and O–H groups in total. The molecule has 0 saturated heterocycles. The molecule has 2 rings (SSSR count). The van der Waals surface area contributed by atoms with Gasteiger partial charge in [-0.15, -0.1) is 5.10 Å². The van der Waals surface area contributed by atoms with Gasteiger partial charge in [0.15, 0.2) is 11.6 Å². The fourth-order valence-corrected chi connectivity index (χ4v) is 1.57. The molecule has 0 aliphatic rings. The summed E-state index contributed by atoms with van der Waals surface area (Å²) >= 11 is 2.80. The Balaban J connectivity index is 2.33. The molecule has 0 fully saturated rings. The number of para-hydroxylation sites is 1. The van der Waals surface area contributed by atoms with Gasteiger partial charge in [-0.25, -0.2) is 17.6 Å². The van der Waals surface area contributed by atoms with Crippen molar-refractivity contribution in [3.63, 3.8) is 0 Å². The Hall–Kier alpha value is -1.64. The maximum absolute atomic E-state index is 13.3. The smallest absolute Gasteiger partial charge is 0.324 e. The minimum absolute atomic E-state index is 0.151.